The van der Waals surface area contributed by atoms with Crippen LogP contribution in [0, 0.1) is 6.92 Å². The number of aromatic nitrogens is 1. The Labute approximate surface area is 234 Å². The summed E-state index contributed by atoms with van der Waals surface area (Å²) in [6.45, 7) is 11.8. The van der Waals surface area contributed by atoms with Crippen LogP contribution in [0.1, 0.15) is 68.3 Å². The van der Waals surface area contributed by atoms with Crippen molar-refractivity contribution >= 4 is 44.9 Å². The van der Waals surface area contributed by atoms with Crippen molar-refractivity contribution in [3.05, 3.63) is 40.4 Å². The highest BCUT2D eigenvalue weighted by atomic mass is 32.1. The summed E-state index contributed by atoms with van der Waals surface area (Å²) in [6, 6.07) is 5.87. The molecule has 0 radical (unpaired) electrons. The first-order chi connectivity index (χ1) is 18.5. The molecule has 2 atom stereocenters. The van der Waals surface area contributed by atoms with Crippen LogP contribution in [0.3, 0.4) is 0 Å². The molecule has 2 aliphatic rings. The lowest BCUT2D eigenvalue weighted by molar-refractivity contribution is 0.0452. The van der Waals surface area contributed by atoms with Gasteiger partial charge in [0, 0.05) is 43.7 Å². The SMILES string of the molecule is CCn1c(C2Nc3cc(C(=O)N4CCCC(NC(=O)OC(C)(C)C)C4)cc(OC)c3N2C)cc2c(C)csc21. The Bertz CT molecular complexity index is 1400. The van der Waals surface area contributed by atoms with Gasteiger partial charge in [0.1, 0.15) is 28.0 Å². The average Bonchev–Trinajstić information content (AvgIpc) is 3.53. The molecule has 9 nitrogen and oxygen atoms in total. The minimum absolute atomic E-state index is 0.0761. The summed E-state index contributed by atoms with van der Waals surface area (Å²) in [4.78, 5) is 31.2. The van der Waals surface area contributed by atoms with Crippen LogP contribution in [0.2, 0.25) is 0 Å². The maximum absolute atomic E-state index is 13.7. The molecule has 1 aromatic carbocycles. The lowest BCUT2D eigenvalue weighted by atomic mass is 10.0. The van der Waals surface area contributed by atoms with Crippen molar-refractivity contribution in [1.29, 1.82) is 0 Å². The quantitative estimate of drug-likeness (QED) is 0.420. The molecule has 2 aromatic heterocycles. The fourth-order valence-electron chi connectivity index (χ4n) is 5.66. The number of amides is 2. The zero-order chi connectivity index (χ0) is 28.1. The number of aryl methyl sites for hydroxylation is 2. The Morgan fingerprint density at radius 2 is 2.00 bits per heavy atom. The maximum Gasteiger partial charge on any atom is 0.407 e. The molecule has 210 valence electrons. The fourth-order valence-corrected chi connectivity index (χ4v) is 6.79. The molecule has 3 aromatic rings. The number of carbonyl (C=O) groups is 2. The third kappa shape index (κ3) is 5.14. The topological polar surface area (TPSA) is 88.1 Å². The Morgan fingerprint density at radius 3 is 2.69 bits per heavy atom. The van der Waals surface area contributed by atoms with Crippen LogP contribution >= 0.6 is 11.3 Å². The van der Waals surface area contributed by atoms with Gasteiger partial charge in [0.15, 0.2) is 0 Å². The third-order valence-corrected chi connectivity index (χ3v) is 8.59. The van der Waals surface area contributed by atoms with Gasteiger partial charge in [0.2, 0.25) is 0 Å². The molecule has 0 bridgehead atoms. The van der Waals surface area contributed by atoms with E-state index in [1.807, 2.05) is 37.8 Å². The highest BCUT2D eigenvalue weighted by Gasteiger charge is 2.35. The number of benzene rings is 1. The summed E-state index contributed by atoms with van der Waals surface area (Å²) < 4.78 is 13.6. The predicted molar refractivity (Wildman–Crippen MR) is 156 cm³/mol. The standard InChI is InChI=1S/C29H39N5O4S/c1-8-34-22(14-20-17(2)16-39-27(20)34)25-31-21-12-18(13-23(37-7)24(21)32(25)6)26(35)33-11-9-10-19(15-33)30-28(36)38-29(3,4)5/h12-14,16,19,25,31H,8-11,15H2,1-7H3,(H,30,36). The summed E-state index contributed by atoms with van der Waals surface area (Å²) >= 11 is 1.77. The van der Waals surface area contributed by atoms with E-state index in [-0.39, 0.29) is 18.1 Å². The second kappa shape index (κ2) is 10.3. The molecule has 4 heterocycles. The molecule has 2 unspecified atom stereocenters. The van der Waals surface area contributed by atoms with Crippen molar-refractivity contribution in [2.75, 3.05) is 37.5 Å². The van der Waals surface area contributed by atoms with Crippen LogP contribution < -0.4 is 20.3 Å². The van der Waals surface area contributed by atoms with Gasteiger partial charge in [-0.25, -0.2) is 4.79 Å². The monoisotopic (exact) mass is 553 g/mol. The van der Waals surface area contributed by atoms with E-state index in [0.717, 1.165) is 30.8 Å². The third-order valence-electron chi connectivity index (χ3n) is 7.45. The summed E-state index contributed by atoms with van der Waals surface area (Å²) in [5.74, 6) is 0.578. The van der Waals surface area contributed by atoms with E-state index >= 15 is 0 Å². The van der Waals surface area contributed by atoms with Crippen LogP contribution in [-0.4, -0.2) is 60.4 Å². The number of ether oxygens (including phenoxy) is 2. The van der Waals surface area contributed by atoms with Gasteiger partial charge in [-0.05, 0) is 76.6 Å². The van der Waals surface area contributed by atoms with Crippen LogP contribution in [-0.2, 0) is 11.3 Å². The highest BCUT2D eigenvalue weighted by Crippen LogP contribution is 2.48. The van der Waals surface area contributed by atoms with Crippen molar-refractivity contribution in [2.45, 2.75) is 71.8 Å². The van der Waals surface area contributed by atoms with Gasteiger partial charge in [0.25, 0.3) is 5.91 Å². The second-order valence-electron chi connectivity index (χ2n) is 11.4. The van der Waals surface area contributed by atoms with Crippen molar-refractivity contribution in [3.63, 3.8) is 0 Å². The largest absolute Gasteiger partial charge is 0.494 e. The van der Waals surface area contributed by atoms with Crippen molar-refractivity contribution in [2.24, 2.45) is 0 Å². The molecule has 2 aliphatic heterocycles. The smallest absolute Gasteiger partial charge is 0.407 e. The molecule has 2 N–H and O–H groups in total. The van der Waals surface area contributed by atoms with Crippen molar-refractivity contribution in [1.82, 2.24) is 14.8 Å². The molecular formula is C29H39N5O4S. The van der Waals surface area contributed by atoms with E-state index in [1.165, 1.54) is 21.5 Å². The van der Waals surface area contributed by atoms with Crippen molar-refractivity contribution < 1.29 is 19.1 Å². The van der Waals surface area contributed by atoms with Crippen molar-refractivity contribution in [3.8, 4) is 5.75 Å². The number of anilines is 2. The van der Waals surface area contributed by atoms with Gasteiger partial charge < -0.3 is 34.5 Å². The van der Waals surface area contributed by atoms with E-state index in [0.29, 0.717) is 24.4 Å². The minimum Gasteiger partial charge on any atom is -0.494 e. The van der Waals surface area contributed by atoms with Crippen LogP contribution in [0.25, 0.3) is 10.2 Å². The second-order valence-corrected chi connectivity index (χ2v) is 12.3. The number of nitrogens with one attached hydrogen (secondary N) is 2. The lowest BCUT2D eigenvalue weighted by Crippen LogP contribution is -2.50. The number of nitrogens with zero attached hydrogens (tertiary/aromatic N) is 3. The number of hydrogen-bond donors (Lipinski definition) is 2. The van der Waals surface area contributed by atoms with Gasteiger partial charge in [0.05, 0.1) is 18.5 Å². The molecule has 39 heavy (non-hydrogen) atoms. The zero-order valence-electron chi connectivity index (χ0n) is 23.9. The summed E-state index contributed by atoms with van der Waals surface area (Å²) in [7, 11) is 3.69. The van der Waals surface area contributed by atoms with E-state index < -0.39 is 11.7 Å². The first-order valence-corrected chi connectivity index (χ1v) is 14.5. The molecule has 2 amide bonds. The van der Waals surface area contributed by atoms with Gasteiger partial charge in [-0.2, -0.15) is 0 Å². The van der Waals surface area contributed by atoms with E-state index in [9.17, 15) is 9.59 Å². The number of alkyl carbamates (subject to hydrolysis) is 1. The van der Waals surface area contributed by atoms with Crippen LogP contribution in [0.4, 0.5) is 16.2 Å². The van der Waals surface area contributed by atoms with Gasteiger partial charge in [-0.15, -0.1) is 11.3 Å². The maximum atomic E-state index is 13.7. The number of hydrogen-bond acceptors (Lipinski definition) is 7. The van der Waals surface area contributed by atoms with E-state index in [4.69, 9.17) is 9.47 Å². The Morgan fingerprint density at radius 1 is 1.23 bits per heavy atom. The molecular weight excluding hydrogens is 514 g/mol. The normalized spacial score (nSPS) is 19.2. The van der Waals surface area contributed by atoms with E-state index in [2.05, 4.69) is 52.4 Å². The highest BCUT2D eigenvalue weighted by molar-refractivity contribution is 7.17. The molecule has 1 saturated heterocycles. The van der Waals surface area contributed by atoms with Gasteiger partial charge in [-0.3, -0.25) is 4.79 Å². The predicted octanol–water partition coefficient (Wildman–Crippen LogP) is 5.73. The molecule has 1 fully saturated rings. The Balaban J connectivity index is 1.38. The fraction of sp³-hybridized carbons (Fsp3) is 0.517. The Kier molecular flexibility index (Phi) is 7.17. The number of likely N-dealkylation sites (tertiary alicyclic amines) is 1. The summed E-state index contributed by atoms with van der Waals surface area (Å²) in [5, 5.41) is 10.1. The van der Waals surface area contributed by atoms with Gasteiger partial charge >= 0.3 is 6.09 Å². The number of carbonyl (C=O) groups excluding carboxylic acids is 2. The van der Waals surface area contributed by atoms with Crippen LogP contribution in [0.15, 0.2) is 23.6 Å². The molecule has 0 aliphatic carbocycles. The number of piperidine rings is 1. The number of methoxy groups -OCH3 is 1. The first kappa shape index (κ1) is 27.2. The first-order valence-electron chi connectivity index (χ1n) is 13.6. The van der Waals surface area contributed by atoms with E-state index in [1.54, 1.807) is 18.4 Å². The Hall–Kier alpha value is -3.40. The number of fused-ring (bicyclic) bond motifs is 2. The minimum atomic E-state index is -0.569. The molecule has 0 spiro atoms. The molecule has 0 saturated carbocycles. The zero-order valence-corrected chi connectivity index (χ0v) is 24.7. The average molecular weight is 554 g/mol. The number of rotatable bonds is 5. The van der Waals surface area contributed by atoms with Crippen LogP contribution in [0.5, 0.6) is 5.75 Å². The molecule has 10 heteroatoms. The summed E-state index contributed by atoms with van der Waals surface area (Å²) in [6.07, 6.45) is 1.07. The molecule has 5 rings (SSSR count). The lowest BCUT2D eigenvalue weighted by Gasteiger charge is -2.33. The number of thiophene rings is 1. The van der Waals surface area contributed by atoms with Gasteiger partial charge in [-0.1, -0.05) is 0 Å². The summed E-state index contributed by atoms with van der Waals surface area (Å²) in [5.41, 5.74) is 4.27.